The molecule has 6 heteroatoms. The molecule has 3 rings (SSSR count). The van der Waals surface area contributed by atoms with E-state index in [9.17, 15) is 14.7 Å². The van der Waals surface area contributed by atoms with Crippen molar-refractivity contribution in [2.24, 2.45) is 0 Å². The lowest BCUT2D eigenvalue weighted by atomic mass is 9.95. The van der Waals surface area contributed by atoms with E-state index in [2.05, 4.69) is 0 Å². The Morgan fingerprint density at radius 2 is 1.74 bits per heavy atom. The van der Waals surface area contributed by atoms with Crippen molar-refractivity contribution in [2.45, 2.75) is 51.0 Å². The fourth-order valence-electron chi connectivity index (χ4n) is 3.92. The minimum atomic E-state index is -0.226. The highest BCUT2D eigenvalue weighted by atomic mass is 32.2. The van der Waals surface area contributed by atoms with E-state index in [0.717, 1.165) is 38.5 Å². The van der Waals surface area contributed by atoms with Crippen LogP contribution in [0.2, 0.25) is 0 Å². The number of aliphatic hydroxyl groups excluding tert-OH is 1. The van der Waals surface area contributed by atoms with Crippen molar-refractivity contribution >= 4 is 29.1 Å². The lowest BCUT2D eigenvalue weighted by molar-refractivity contribution is -0.139. The maximum Gasteiger partial charge on any atom is 0.268 e. The van der Waals surface area contributed by atoms with Gasteiger partial charge in [0, 0.05) is 17.4 Å². The summed E-state index contributed by atoms with van der Waals surface area (Å²) < 4.78 is 5.44. The van der Waals surface area contributed by atoms with Crippen LogP contribution in [0.1, 0.15) is 50.5 Å². The van der Waals surface area contributed by atoms with Crippen molar-refractivity contribution in [1.82, 2.24) is 4.90 Å². The maximum atomic E-state index is 13.4. The Morgan fingerprint density at radius 1 is 1.07 bits per heavy atom. The summed E-state index contributed by atoms with van der Waals surface area (Å²) in [6.07, 6.45) is 7.38. The predicted octanol–water partition coefficient (Wildman–Crippen LogP) is 3.61. The quantitative estimate of drug-likeness (QED) is 0.753. The smallest absolute Gasteiger partial charge is 0.268 e. The molecule has 1 N–H and O–H groups in total. The van der Waals surface area contributed by atoms with Crippen molar-refractivity contribution in [2.75, 3.05) is 19.5 Å². The molecule has 0 radical (unpaired) electrons. The van der Waals surface area contributed by atoms with Crippen LogP contribution in [-0.4, -0.2) is 47.3 Å². The maximum absolute atomic E-state index is 13.4. The second kappa shape index (κ2) is 9.42. The molecule has 2 aliphatic rings. The van der Waals surface area contributed by atoms with Gasteiger partial charge in [-0.3, -0.25) is 14.5 Å². The predicted molar refractivity (Wildman–Crippen MR) is 107 cm³/mol. The molecule has 27 heavy (non-hydrogen) atoms. The number of thioether (sulfide) groups is 1. The molecule has 0 bridgehead atoms. The normalized spacial score (nSPS) is 19.4. The number of hydrogen-bond donors (Lipinski definition) is 1. The Hall–Kier alpha value is -1.79. The molecule has 1 heterocycles. The van der Waals surface area contributed by atoms with Crippen LogP contribution >= 0.6 is 11.8 Å². The lowest BCUT2D eigenvalue weighted by Crippen LogP contribution is -2.41. The highest BCUT2D eigenvalue weighted by molar-refractivity contribution is 8.04. The second-order valence-corrected chi connectivity index (χ2v) is 8.06. The van der Waals surface area contributed by atoms with Gasteiger partial charge in [0.25, 0.3) is 11.8 Å². The third-order valence-electron chi connectivity index (χ3n) is 5.23. The van der Waals surface area contributed by atoms with Gasteiger partial charge < -0.3 is 9.84 Å². The van der Waals surface area contributed by atoms with Gasteiger partial charge in [-0.05, 0) is 18.9 Å². The molecule has 0 aromatic heterocycles. The standard InChI is InChI=1S/C21H27NO4S/c1-26-17-12-8-7-11-16(17)18-19(27-14-13-23)21(25)22(20(18)24)15-9-5-3-2-4-6-10-15/h7-8,11-12,15,23H,2-6,9-10,13-14H2,1H3. The first-order valence-electron chi connectivity index (χ1n) is 9.68. The summed E-state index contributed by atoms with van der Waals surface area (Å²) >= 11 is 1.26. The van der Waals surface area contributed by atoms with E-state index < -0.39 is 0 Å². The Balaban J connectivity index is 1.98. The molecule has 0 saturated heterocycles. The number of benzene rings is 1. The first-order chi connectivity index (χ1) is 13.2. The average Bonchev–Trinajstić information content (AvgIpc) is 2.90. The van der Waals surface area contributed by atoms with Gasteiger partial charge >= 0.3 is 0 Å². The zero-order valence-corrected chi connectivity index (χ0v) is 16.6. The van der Waals surface area contributed by atoms with Crippen molar-refractivity contribution in [3.8, 4) is 5.75 Å². The average molecular weight is 390 g/mol. The zero-order chi connectivity index (χ0) is 19.2. The number of rotatable bonds is 6. The molecule has 2 amide bonds. The minimum absolute atomic E-state index is 0.0396. The Kier molecular flexibility index (Phi) is 6.96. The number of ether oxygens (including phenoxy) is 1. The van der Waals surface area contributed by atoms with Gasteiger partial charge in [0.2, 0.25) is 0 Å². The summed E-state index contributed by atoms with van der Waals surface area (Å²) in [5, 5.41) is 9.24. The van der Waals surface area contributed by atoms with Gasteiger partial charge in [-0.25, -0.2) is 0 Å². The number of hydrogen-bond acceptors (Lipinski definition) is 5. The molecular formula is C21H27NO4S. The summed E-state index contributed by atoms with van der Waals surface area (Å²) in [5.74, 6) is 0.515. The monoisotopic (exact) mass is 389 g/mol. The van der Waals surface area contributed by atoms with Crippen molar-refractivity contribution in [3.05, 3.63) is 34.7 Å². The largest absolute Gasteiger partial charge is 0.496 e. The summed E-state index contributed by atoms with van der Waals surface area (Å²) in [7, 11) is 1.56. The van der Waals surface area contributed by atoms with Gasteiger partial charge in [-0.15, -0.1) is 11.8 Å². The van der Waals surface area contributed by atoms with Gasteiger partial charge in [0.05, 0.1) is 24.2 Å². The number of para-hydroxylation sites is 1. The van der Waals surface area contributed by atoms with Crippen molar-refractivity contribution < 1.29 is 19.4 Å². The fourth-order valence-corrected chi connectivity index (χ4v) is 4.78. The first-order valence-corrected chi connectivity index (χ1v) is 10.7. The van der Waals surface area contributed by atoms with Crippen LogP contribution in [-0.2, 0) is 9.59 Å². The van der Waals surface area contributed by atoms with Gasteiger partial charge in [0.1, 0.15) is 5.75 Å². The van der Waals surface area contributed by atoms with Crippen LogP contribution in [0.3, 0.4) is 0 Å². The van der Waals surface area contributed by atoms with E-state index in [1.165, 1.54) is 23.1 Å². The molecule has 0 unspecified atom stereocenters. The molecule has 1 aromatic rings. The Labute approximate surface area is 164 Å². The summed E-state index contributed by atoms with van der Waals surface area (Å²) in [4.78, 5) is 28.5. The molecule has 1 aliphatic carbocycles. The molecule has 1 fully saturated rings. The molecule has 0 spiro atoms. The number of imide groups is 1. The molecule has 5 nitrogen and oxygen atoms in total. The first kappa shape index (κ1) is 20.0. The van der Waals surface area contributed by atoms with E-state index in [0.29, 0.717) is 27.5 Å². The van der Waals surface area contributed by atoms with Crippen molar-refractivity contribution in [1.29, 1.82) is 0 Å². The van der Waals surface area contributed by atoms with Crippen LogP contribution in [0.4, 0.5) is 0 Å². The number of carbonyl (C=O) groups is 2. The third-order valence-corrected chi connectivity index (χ3v) is 6.28. The number of nitrogens with zero attached hydrogens (tertiary/aromatic N) is 1. The molecule has 1 aliphatic heterocycles. The Bertz CT molecular complexity index is 723. The highest BCUT2D eigenvalue weighted by Crippen LogP contribution is 2.41. The zero-order valence-electron chi connectivity index (χ0n) is 15.8. The summed E-state index contributed by atoms with van der Waals surface area (Å²) in [5.41, 5.74) is 1.06. The minimum Gasteiger partial charge on any atom is -0.496 e. The van der Waals surface area contributed by atoms with E-state index >= 15 is 0 Å². The van der Waals surface area contributed by atoms with Crippen LogP contribution in [0.5, 0.6) is 5.75 Å². The number of aliphatic hydroxyl groups is 1. The van der Waals surface area contributed by atoms with E-state index in [1.54, 1.807) is 13.2 Å². The van der Waals surface area contributed by atoms with Crippen LogP contribution in [0.25, 0.3) is 5.57 Å². The SMILES string of the molecule is COc1ccccc1C1=C(SCCO)C(=O)N(C2CCCCCCC2)C1=O. The van der Waals surface area contributed by atoms with E-state index in [1.807, 2.05) is 18.2 Å². The second-order valence-electron chi connectivity index (χ2n) is 6.96. The fraction of sp³-hybridized carbons (Fsp3) is 0.524. The van der Waals surface area contributed by atoms with Crippen LogP contribution in [0, 0.1) is 0 Å². The number of carbonyl (C=O) groups excluding carboxylic acids is 2. The highest BCUT2D eigenvalue weighted by Gasteiger charge is 2.43. The van der Waals surface area contributed by atoms with Gasteiger partial charge in [0.15, 0.2) is 0 Å². The van der Waals surface area contributed by atoms with E-state index in [4.69, 9.17) is 4.74 Å². The number of amides is 2. The summed E-state index contributed by atoms with van der Waals surface area (Å²) in [6.45, 7) is -0.0434. The van der Waals surface area contributed by atoms with Crippen LogP contribution in [0.15, 0.2) is 29.2 Å². The molecule has 146 valence electrons. The Morgan fingerprint density at radius 3 is 2.41 bits per heavy atom. The molecule has 1 saturated carbocycles. The summed E-state index contributed by atoms with van der Waals surface area (Å²) in [6, 6.07) is 7.27. The molecular weight excluding hydrogens is 362 g/mol. The number of methoxy groups -OCH3 is 1. The lowest BCUT2D eigenvalue weighted by Gasteiger charge is -2.28. The van der Waals surface area contributed by atoms with Gasteiger partial charge in [-0.2, -0.15) is 0 Å². The van der Waals surface area contributed by atoms with E-state index in [-0.39, 0.29) is 24.5 Å². The third kappa shape index (κ3) is 4.22. The van der Waals surface area contributed by atoms with Gasteiger partial charge in [-0.1, -0.05) is 50.3 Å². The molecule has 1 aromatic carbocycles. The van der Waals surface area contributed by atoms with Crippen molar-refractivity contribution in [3.63, 3.8) is 0 Å². The van der Waals surface area contributed by atoms with Crippen LogP contribution < -0.4 is 4.74 Å². The topological polar surface area (TPSA) is 66.8 Å². The molecule has 0 atom stereocenters.